The second kappa shape index (κ2) is 11.8. The minimum atomic E-state index is -6.54. The van der Waals surface area contributed by atoms with E-state index < -0.39 is 70.1 Å². The fourth-order valence-corrected chi connectivity index (χ4v) is 3.75. The first kappa shape index (κ1) is 31.9. The van der Waals surface area contributed by atoms with E-state index >= 15 is 0 Å². The molecule has 0 bridgehead atoms. The maximum Gasteiger partial charge on any atom is 0.435 e. The average molecular weight is 637 g/mol. The van der Waals surface area contributed by atoms with Crippen LogP contribution < -0.4 is 10.1 Å². The zero-order valence-electron chi connectivity index (χ0n) is 19.8. The summed E-state index contributed by atoms with van der Waals surface area (Å²) in [6.45, 7) is -1.91. The van der Waals surface area contributed by atoms with Gasteiger partial charge in [-0.3, -0.25) is 14.4 Å². The normalized spacial score (nSPS) is 12.3. The van der Waals surface area contributed by atoms with E-state index in [1.807, 2.05) is 5.32 Å². The zero-order chi connectivity index (χ0) is 29.9. The summed E-state index contributed by atoms with van der Waals surface area (Å²) in [6.07, 6.45) is -13.5. The van der Waals surface area contributed by atoms with Gasteiger partial charge in [-0.2, -0.15) is 35.1 Å². The van der Waals surface area contributed by atoms with E-state index in [-0.39, 0.29) is 29.8 Å². The lowest BCUT2D eigenvalue weighted by molar-refractivity contribution is -0.348. The van der Waals surface area contributed by atoms with Gasteiger partial charge in [-0.05, 0) is 52.7 Å². The van der Waals surface area contributed by atoms with E-state index in [4.69, 9.17) is 0 Å². The Labute approximate surface area is 223 Å². The first-order chi connectivity index (χ1) is 17.8. The number of benzene rings is 2. The Bertz CT molecular complexity index is 1240. The summed E-state index contributed by atoms with van der Waals surface area (Å²) in [5, 5.41) is 2.00. The minimum Gasteiger partial charge on any atom is -0.433 e. The number of likely N-dealkylation sites (N-methyl/N-ethyl adjacent to an activating group) is 1. The van der Waals surface area contributed by atoms with Gasteiger partial charge in [0.15, 0.2) is 5.75 Å². The van der Waals surface area contributed by atoms with Crippen LogP contribution in [0, 0.1) is 0 Å². The Morgan fingerprint density at radius 1 is 1.00 bits per heavy atom. The van der Waals surface area contributed by atoms with Crippen LogP contribution in [0.3, 0.4) is 0 Å². The summed E-state index contributed by atoms with van der Waals surface area (Å²) in [5.74, 6) is -4.14. The van der Waals surface area contributed by atoms with E-state index in [2.05, 4.69) is 20.7 Å². The van der Waals surface area contributed by atoms with E-state index in [1.54, 1.807) is 6.92 Å². The first-order valence-corrected chi connectivity index (χ1v) is 11.4. The number of amides is 2. The molecule has 0 heterocycles. The lowest BCUT2D eigenvalue weighted by Crippen LogP contribution is -2.50. The van der Waals surface area contributed by atoms with E-state index in [9.17, 15) is 53.9 Å². The predicted molar refractivity (Wildman–Crippen MR) is 122 cm³/mol. The van der Waals surface area contributed by atoms with Crippen LogP contribution in [0.2, 0.25) is 0 Å². The Balaban J connectivity index is 2.48. The van der Waals surface area contributed by atoms with Gasteiger partial charge in [-0.15, -0.1) is 0 Å². The molecule has 6 nitrogen and oxygen atoms in total. The predicted octanol–water partition coefficient (Wildman–Crippen LogP) is 6.18. The third-order valence-electron chi connectivity index (χ3n) is 5.30. The van der Waals surface area contributed by atoms with Crippen LogP contribution in [0.25, 0.3) is 0 Å². The van der Waals surface area contributed by atoms with Crippen LogP contribution in [-0.4, -0.2) is 55.1 Å². The summed E-state index contributed by atoms with van der Waals surface area (Å²) < 4.78 is 123. The summed E-state index contributed by atoms with van der Waals surface area (Å²) in [6, 6.07) is 4.77. The van der Waals surface area contributed by atoms with Gasteiger partial charge in [-0.1, -0.05) is 12.1 Å². The Morgan fingerprint density at radius 2 is 1.59 bits per heavy atom. The third-order valence-corrected chi connectivity index (χ3v) is 5.93. The topological polar surface area (TPSA) is 75.7 Å². The van der Waals surface area contributed by atoms with Crippen molar-refractivity contribution in [3.8, 4) is 5.75 Å². The molecular weight excluding hydrogens is 619 g/mol. The Morgan fingerprint density at radius 3 is 2.10 bits per heavy atom. The third kappa shape index (κ3) is 7.02. The average Bonchev–Trinajstić information content (AvgIpc) is 2.82. The maximum atomic E-state index is 14.5. The summed E-state index contributed by atoms with van der Waals surface area (Å²) in [4.78, 5) is 38.0. The van der Waals surface area contributed by atoms with Crippen molar-refractivity contribution in [2.45, 2.75) is 38.0 Å². The van der Waals surface area contributed by atoms with E-state index in [0.29, 0.717) is 0 Å². The molecule has 0 aromatic heterocycles. The van der Waals surface area contributed by atoms with Crippen molar-refractivity contribution in [3.63, 3.8) is 0 Å². The van der Waals surface area contributed by atoms with Gasteiger partial charge >= 0.3 is 24.6 Å². The molecule has 2 aromatic rings. The smallest absolute Gasteiger partial charge is 0.433 e. The quantitative estimate of drug-likeness (QED) is 0.263. The van der Waals surface area contributed by atoms with Gasteiger partial charge in [-0.25, -0.2) is 4.39 Å². The summed E-state index contributed by atoms with van der Waals surface area (Å²) in [5.41, 5.74) is -8.99. The number of anilines is 1. The number of nitrogens with zero attached hydrogens (tertiary/aromatic N) is 1. The number of nitrogens with one attached hydrogen (secondary N) is 1. The molecule has 0 aliphatic heterocycles. The van der Waals surface area contributed by atoms with Crippen LogP contribution in [0.5, 0.6) is 5.75 Å². The number of hydrogen-bond donors (Lipinski definition) is 1. The molecule has 0 atom stereocenters. The molecule has 0 aliphatic rings. The SMILES string of the molecule is CCN(C)C(=O)C(=O)Cc1cccc(C(=O)Nc2c(Br)cc(C(F)(C(F)(F)F)C(F)(F)F)cc2OC(F)F)c1. The number of ketones is 1. The number of hydrogen-bond acceptors (Lipinski definition) is 4. The summed E-state index contributed by atoms with van der Waals surface area (Å²) >= 11 is 2.57. The van der Waals surface area contributed by atoms with Crippen molar-refractivity contribution in [3.05, 3.63) is 57.6 Å². The zero-order valence-corrected chi connectivity index (χ0v) is 21.4. The van der Waals surface area contributed by atoms with Gasteiger partial charge in [0.1, 0.15) is 0 Å². The van der Waals surface area contributed by atoms with Gasteiger partial charge < -0.3 is 15.0 Å². The van der Waals surface area contributed by atoms with E-state index in [1.165, 1.54) is 25.2 Å². The molecule has 16 heteroatoms. The van der Waals surface area contributed by atoms with Crippen molar-refractivity contribution >= 4 is 39.2 Å². The molecule has 1 N–H and O–H groups in total. The highest BCUT2D eigenvalue weighted by atomic mass is 79.9. The fraction of sp³-hybridized carbons (Fsp3) is 0.348. The van der Waals surface area contributed by atoms with Crippen LogP contribution in [0.15, 0.2) is 40.9 Å². The van der Waals surface area contributed by atoms with Gasteiger partial charge in [0.05, 0.1) is 5.69 Å². The molecule has 2 rings (SSSR count). The lowest BCUT2D eigenvalue weighted by atomic mass is 9.93. The van der Waals surface area contributed by atoms with Crippen LogP contribution in [0.4, 0.5) is 45.2 Å². The standard InChI is InChI=1S/C23H18BrF9N2O4/c1-3-35(2)19(38)15(36)8-11-5-4-6-12(7-11)18(37)34-17-14(24)9-13(10-16(17)39-20(25)26)21(27,22(28,29)30)23(31,32)33/h4-7,9-10,20H,3,8H2,1-2H3,(H,34,37). The molecule has 39 heavy (non-hydrogen) atoms. The number of Topliss-reactive ketones (excluding diaryl/α,β-unsaturated/α-hetero) is 1. The molecule has 2 aromatic carbocycles. The minimum absolute atomic E-state index is 0.0137. The number of rotatable bonds is 9. The van der Waals surface area contributed by atoms with Gasteiger partial charge in [0.25, 0.3) is 11.8 Å². The largest absolute Gasteiger partial charge is 0.435 e. The number of ether oxygens (including phenoxy) is 1. The Hall–Kier alpha value is -3.30. The highest BCUT2D eigenvalue weighted by Crippen LogP contribution is 2.55. The number of carbonyl (C=O) groups is 3. The molecule has 2 amide bonds. The highest BCUT2D eigenvalue weighted by molar-refractivity contribution is 9.10. The maximum absolute atomic E-state index is 14.5. The first-order valence-electron chi connectivity index (χ1n) is 10.6. The lowest BCUT2D eigenvalue weighted by Gasteiger charge is -2.31. The molecule has 0 saturated heterocycles. The molecule has 214 valence electrons. The molecule has 0 saturated carbocycles. The summed E-state index contributed by atoms with van der Waals surface area (Å²) in [7, 11) is 1.39. The number of alkyl halides is 9. The van der Waals surface area contributed by atoms with Crippen molar-refractivity contribution in [1.29, 1.82) is 0 Å². The monoisotopic (exact) mass is 636 g/mol. The van der Waals surface area contributed by atoms with Gasteiger partial charge in [0.2, 0.25) is 5.78 Å². The fourth-order valence-electron chi connectivity index (χ4n) is 3.20. The second-order valence-corrected chi connectivity index (χ2v) is 8.79. The van der Waals surface area contributed by atoms with Gasteiger partial charge in [0, 0.05) is 35.6 Å². The van der Waals surface area contributed by atoms with Crippen molar-refractivity contribution < 1.29 is 58.6 Å². The van der Waals surface area contributed by atoms with Crippen molar-refractivity contribution in [2.24, 2.45) is 0 Å². The second-order valence-electron chi connectivity index (χ2n) is 7.94. The van der Waals surface area contributed by atoms with Crippen LogP contribution in [0.1, 0.15) is 28.4 Å². The molecule has 0 aliphatic carbocycles. The molecule has 0 fully saturated rings. The van der Waals surface area contributed by atoms with Crippen molar-refractivity contribution in [2.75, 3.05) is 18.9 Å². The van der Waals surface area contributed by atoms with E-state index in [0.717, 1.165) is 11.0 Å². The highest BCUT2D eigenvalue weighted by Gasteiger charge is 2.73. The van der Waals surface area contributed by atoms with Crippen LogP contribution >= 0.6 is 15.9 Å². The number of carbonyl (C=O) groups excluding carboxylic acids is 3. The van der Waals surface area contributed by atoms with Crippen LogP contribution in [-0.2, 0) is 21.7 Å². The van der Waals surface area contributed by atoms with Crippen molar-refractivity contribution in [1.82, 2.24) is 4.90 Å². The molecular formula is C23H18BrF9N2O4. The molecule has 0 radical (unpaired) electrons. The molecule has 0 spiro atoms. The number of halogens is 10. The molecule has 0 unspecified atom stereocenters. The Kier molecular flexibility index (Phi) is 9.69.